The number of hydrogen-bond donors (Lipinski definition) is 3. The molecular formula is C21H29ClO4. The molecule has 0 saturated heterocycles. The summed E-state index contributed by atoms with van der Waals surface area (Å²) in [6.07, 6.45) is 8.06. The maximum Gasteiger partial charge on any atom is 0.381 e. The van der Waals surface area contributed by atoms with Crippen molar-refractivity contribution in [2.45, 2.75) is 81.8 Å². The van der Waals surface area contributed by atoms with Gasteiger partial charge in [-0.25, -0.2) is 4.79 Å². The van der Waals surface area contributed by atoms with Crippen LogP contribution in [0.25, 0.3) is 0 Å². The van der Waals surface area contributed by atoms with Crippen molar-refractivity contribution in [3.63, 3.8) is 0 Å². The van der Waals surface area contributed by atoms with Crippen LogP contribution in [-0.4, -0.2) is 38.9 Å². The number of carboxylic acid groups (broad SMARTS) is 1. The Kier molecular flexibility index (Phi) is 8.79. The Hall–Kier alpha value is -1.20. The van der Waals surface area contributed by atoms with Crippen LogP contribution in [0, 0.1) is 41.4 Å². The van der Waals surface area contributed by atoms with E-state index in [-0.39, 0.29) is 23.1 Å². The predicted octanol–water partition coefficient (Wildman–Crippen LogP) is 3.18. The number of alkyl halides is 1. The van der Waals surface area contributed by atoms with Crippen molar-refractivity contribution in [2.24, 2.45) is 17.8 Å². The van der Waals surface area contributed by atoms with Gasteiger partial charge in [-0.05, 0) is 43.9 Å². The van der Waals surface area contributed by atoms with E-state index in [0.717, 1.165) is 44.9 Å². The average molecular weight is 381 g/mol. The molecule has 0 bridgehead atoms. The molecule has 0 aliphatic heterocycles. The van der Waals surface area contributed by atoms with Gasteiger partial charge in [0.05, 0.1) is 12.0 Å². The molecule has 0 aromatic carbocycles. The van der Waals surface area contributed by atoms with Gasteiger partial charge in [0, 0.05) is 17.7 Å². The van der Waals surface area contributed by atoms with Crippen molar-refractivity contribution in [2.75, 3.05) is 0 Å². The third-order valence-electron chi connectivity index (χ3n) is 5.59. The maximum absolute atomic E-state index is 10.3. The smallest absolute Gasteiger partial charge is 0.381 e. The largest absolute Gasteiger partial charge is 0.472 e. The van der Waals surface area contributed by atoms with Gasteiger partial charge < -0.3 is 15.3 Å². The molecule has 5 heteroatoms. The fourth-order valence-corrected chi connectivity index (χ4v) is 4.57. The summed E-state index contributed by atoms with van der Waals surface area (Å²) in [6, 6.07) is 0. The van der Waals surface area contributed by atoms with Crippen LogP contribution in [0.3, 0.4) is 0 Å². The van der Waals surface area contributed by atoms with Gasteiger partial charge in [0.15, 0.2) is 0 Å². The highest BCUT2D eigenvalue weighted by molar-refractivity contribution is 6.21. The van der Waals surface area contributed by atoms with Gasteiger partial charge in [0.2, 0.25) is 0 Å². The standard InChI is InChI=1S/C21H29ClO4/c22-18-14-20(24)17(12-13-19(23)15-8-4-3-5-9-15)16(18)10-6-1-2-7-11-21(25)26/h15-20,23-24H,1-6,8-10,14H2,(H,25,26)/t16-,17-,18-,19-,20-/m1/s1. The number of carboxylic acids is 1. The first kappa shape index (κ1) is 21.1. The minimum atomic E-state index is -1.10. The van der Waals surface area contributed by atoms with Crippen molar-refractivity contribution in [3.05, 3.63) is 0 Å². The first-order valence-electron chi connectivity index (χ1n) is 9.72. The Morgan fingerprint density at radius 2 is 1.92 bits per heavy atom. The van der Waals surface area contributed by atoms with E-state index >= 15 is 0 Å². The summed E-state index contributed by atoms with van der Waals surface area (Å²) in [7, 11) is 0. The van der Waals surface area contributed by atoms with Crippen LogP contribution in [0.1, 0.15) is 64.2 Å². The van der Waals surface area contributed by atoms with Crippen LogP contribution in [0.4, 0.5) is 0 Å². The van der Waals surface area contributed by atoms with Crippen LogP contribution < -0.4 is 0 Å². The molecule has 5 atom stereocenters. The van der Waals surface area contributed by atoms with Gasteiger partial charge in [-0.2, -0.15) is 0 Å². The number of aliphatic carboxylic acids is 1. The molecule has 0 radical (unpaired) electrons. The van der Waals surface area contributed by atoms with Gasteiger partial charge in [-0.15, -0.1) is 11.6 Å². The molecule has 2 fully saturated rings. The molecule has 0 spiro atoms. The number of aliphatic hydroxyl groups excluding tert-OH is 2. The zero-order valence-corrected chi connectivity index (χ0v) is 15.9. The Bertz CT molecular complexity index is 576. The molecule has 144 valence electrons. The second kappa shape index (κ2) is 10.8. The Balaban J connectivity index is 1.86. The lowest BCUT2D eigenvalue weighted by Crippen LogP contribution is -2.23. The summed E-state index contributed by atoms with van der Waals surface area (Å²) >= 11 is 6.42. The minimum Gasteiger partial charge on any atom is -0.472 e. The molecule has 2 saturated carbocycles. The summed E-state index contributed by atoms with van der Waals surface area (Å²) in [5, 5.41) is 29.0. The molecule has 0 aromatic rings. The SMILES string of the molecule is O=C(O)C#CCCCC[C@@H]1[C@@H](C#C[C@@H](O)C2CCCCC2)[C@H](O)C[C@H]1Cl. The number of unbranched alkanes of at least 4 members (excludes halogenated alkanes) is 2. The molecule has 0 heterocycles. The number of carbonyl (C=O) groups is 1. The Morgan fingerprint density at radius 1 is 1.19 bits per heavy atom. The first-order valence-corrected chi connectivity index (χ1v) is 10.2. The lowest BCUT2D eigenvalue weighted by atomic mass is 9.84. The molecule has 0 unspecified atom stereocenters. The third kappa shape index (κ3) is 6.51. The second-order valence-corrected chi connectivity index (χ2v) is 8.05. The van der Waals surface area contributed by atoms with Crippen LogP contribution >= 0.6 is 11.6 Å². The van der Waals surface area contributed by atoms with E-state index in [1.807, 2.05) is 0 Å². The van der Waals surface area contributed by atoms with Gasteiger partial charge >= 0.3 is 5.97 Å². The second-order valence-electron chi connectivity index (χ2n) is 7.49. The highest BCUT2D eigenvalue weighted by atomic mass is 35.5. The highest BCUT2D eigenvalue weighted by Crippen LogP contribution is 2.39. The van der Waals surface area contributed by atoms with Gasteiger partial charge in [-0.1, -0.05) is 43.4 Å². The van der Waals surface area contributed by atoms with Crippen molar-refractivity contribution in [3.8, 4) is 23.7 Å². The normalized spacial score (nSPS) is 30.0. The number of hydrogen-bond acceptors (Lipinski definition) is 3. The lowest BCUT2D eigenvalue weighted by Gasteiger charge is -2.24. The van der Waals surface area contributed by atoms with E-state index in [4.69, 9.17) is 16.7 Å². The van der Waals surface area contributed by atoms with Gasteiger partial charge in [0.25, 0.3) is 0 Å². The Labute approximate surface area is 161 Å². The zero-order chi connectivity index (χ0) is 18.9. The van der Waals surface area contributed by atoms with Crippen LogP contribution in [-0.2, 0) is 4.79 Å². The van der Waals surface area contributed by atoms with Gasteiger partial charge in [0.1, 0.15) is 6.10 Å². The molecule has 0 aromatic heterocycles. The number of rotatable bonds is 5. The third-order valence-corrected chi connectivity index (χ3v) is 6.09. The summed E-state index contributed by atoms with van der Waals surface area (Å²) < 4.78 is 0. The fourth-order valence-electron chi connectivity index (χ4n) is 4.11. The van der Waals surface area contributed by atoms with E-state index in [1.165, 1.54) is 6.42 Å². The minimum absolute atomic E-state index is 0.102. The maximum atomic E-state index is 10.3. The summed E-state index contributed by atoms with van der Waals surface area (Å²) in [4.78, 5) is 10.3. The number of aliphatic hydroxyl groups is 2. The van der Waals surface area contributed by atoms with E-state index in [0.29, 0.717) is 12.8 Å². The molecule has 2 aliphatic carbocycles. The summed E-state index contributed by atoms with van der Waals surface area (Å²) in [6.45, 7) is 0. The first-order chi connectivity index (χ1) is 12.5. The van der Waals surface area contributed by atoms with Crippen molar-refractivity contribution >= 4 is 17.6 Å². The van der Waals surface area contributed by atoms with Crippen molar-refractivity contribution < 1.29 is 20.1 Å². The molecule has 2 aliphatic rings. The molecule has 26 heavy (non-hydrogen) atoms. The van der Waals surface area contributed by atoms with E-state index in [1.54, 1.807) is 0 Å². The van der Waals surface area contributed by atoms with E-state index in [9.17, 15) is 15.0 Å². The van der Waals surface area contributed by atoms with Crippen LogP contribution in [0.2, 0.25) is 0 Å². The van der Waals surface area contributed by atoms with Gasteiger partial charge in [-0.3, -0.25) is 0 Å². The molecule has 4 nitrogen and oxygen atoms in total. The van der Waals surface area contributed by atoms with E-state index < -0.39 is 18.2 Å². The number of halogens is 1. The topological polar surface area (TPSA) is 77.8 Å². The van der Waals surface area contributed by atoms with Crippen molar-refractivity contribution in [1.29, 1.82) is 0 Å². The Morgan fingerprint density at radius 3 is 2.62 bits per heavy atom. The molecule has 3 N–H and O–H groups in total. The van der Waals surface area contributed by atoms with Crippen LogP contribution in [0.15, 0.2) is 0 Å². The van der Waals surface area contributed by atoms with Crippen molar-refractivity contribution in [1.82, 2.24) is 0 Å². The van der Waals surface area contributed by atoms with E-state index in [2.05, 4.69) is 23.7 Å². The zero-order valence-electron chi connectivity index (χ0n) is 15.2. The summed E-state index contributed by atoms with van der Waals surface area (Å²) in [5.41, 5.74) is 0. The molecule has 2 rings (SSSR count). The molecular weight excluding hydrogens is 352 g/mol. The summed E-state index contributed by atoms with van der Waals surface area (Å²) in [5.74, 6) is 9.94. The lowest BCUT2D eigenvalue weighted by molar-refractivity contribution is -0.130. The predicted molar refractivity (Wildman–Crippen MR) is 101 cm³/mol. The van der Waals surface area contributed by atoms with Crippen LogP contribution in [0.5, 0.6) is 0 Å². The highest BCUT2D eigenvalue weighted by Gasteiger charge is 2.40. The molecule has 0 amide bonds. The quantitative estimate of drug-likeness (QED) is 0.389. The average Bonchev–Trinajstić information content (AvgIpc) is 2.89. The fraction of sp³-hybridized carbons (Fsp3) is 0.762. The monoisotopic (exact) mass is 380 g/mol.